The van der Waals surface area contributed by atoms with Crippen molar-refractivity contribution in [3.63, 3.8) is 0 Å². The fourth-order valence-corrected chi connectivity index (χ4v) is 0.654. The van der Waals surface area contributed by atoms with Crippen LogP contribution in [0.3, 0.4) is 0 Å². The van der Waals surface area contributed by atoms with E-state index in [0.29, 0.717) is 0 Å². The van der Waals surface area contributed by atoms with Crippen molar-refractivity contribution in [2.24, 2.45) is 5.73 Å². The van der Waals surface area contributed by atoms with Gasteiger partial charge in [-0.15, -0.1) is 0 Å². The minimum absolute atomic E-state index is 0. The van der Waals surface area contributed by atoms with Crippen LogP contribution in [0, 0.1) is 0 Å². The number of aromatic carboxylic acids is 1. The Kier molecular flexibility index (Phi) is 9.19. The van der Waals surface area contributed by atoms with Gasteiger partial charge in [0, 0.05) is 17.1 Å². The molecule has 1 aromatic rings. The number of rotatable bonds is 2. The fraction of sp³-hybridized carbons (Fsp3) is 0.111. The van der Waals surface area contributed by atoms with E-state index in [4.69, 9.17) is 15.3 Å². The molecule has 0 aliphatic heterocycles. The number of carboxylic acids is 2. The third kappa shape index (κ3) is 6.83. The second kappa shape index (κ2) is 8.72. The monoisotopic (exact) mass is 276 g/mol. The molecule has 1 aromatic carbocycles. The van der Waals surface area contributed by atoms with Crippen LogP contribution in [-0.2, 0) is 21.9 Å². The van der Waals surface area contributed by atoms with Crippen molar-refractivity contribution < 1.29 is 42.0 Å². The Morgan fingerprint density at radius 1 is 1.19 bits per heavy atom. The average molecular weight is 277 g/mol. The molecular formula is C9H11CuNO5. The molecule has 0 atom stereocenters. The minimum Gasteiger partial charge on any atom is -0.507 e. The molecule has 7 heteroatoms. The van der Waals surface area contributed by atoms with Gasteiger partial charge in [-0.05, 0) is 12.1 Å². The van der Waals surface area contributed by atoms with E-state index >= 15 is 0 Å². The maximum Gasteiger partial charge on any atom is 0.339 e. The SMILES string of the molecule is NCC(=O)O.O=C(O)c1ccccc1O.[Cu]. The summed E-state index contributed by atoms with van der Waals surface area (Å²) in [5.41, 5.74) is 4.50. The minimum atomic E-state index is -1.11. The molecule has 1 rings (SSSR count). The van der Waals surface area contributed by atoms with Crippen molar-refractivity contribution in [1.29, 1.82) is 0 Å². The number of hydrogen-bond donors (Lipinski definition) is 4. The van der Waals surface area contributed by atoms with Crippen LogP contribution in [0.5, 0.6) is 5.75 Å². The van der Waals surface area contributed by atoms with E-state index in [1.807, 2.05) is 0 Å². The van der Waals surface area contributed by atoms with Crippen molar-refractivity contribution in [1.82, 2.24) is 0 Å². The van der Waals surface area contributed by atoms with Gasteiger partial charge < -0.3 is 21.1 Å². The maximum atomic E-state index is 10.3. The zero-order valence-electron chi connectivity index (χ0n) is 8.05. The van der Waals surface area contributed by atoms with Crippen LogP contribution in [-0.4, -0.2) is 33.8 Å². The van der Waals surface area contributed by atoms with Gasteiger partial charge in [0.1, 0.15) is 11.3 Å². The molecule has 0 bridgehead atoms. The van der Waals surface area contributed by atoms with Gasteiger partial charge in [-0.1, -0.05) is 12.1 Å². The number of carbonyl (C=O) groups is 2. The van der Waals surface area contributed by atoms with Crippen molar-refractivity contribution in [3.8, 4) is 5.75 Å². The summed E-state index contributed by atoms with van der Waals surface area (Å²) < 4.78 is 0. The molecule has 5 N–H and O–H groups in total. The van der Waals surface area contributed by atoms with Crippen LogP contribution in [0.2, 0.25) is 0 Å². The van der Waals surface area contributed by atoms with Gasteiger partial charge in [-0.2, -0.15) is 0 Å². The summed E-state index contributed by atoms with van der Waals surface area (Å²) in [4.78, 5) is 19.5. The second-order valence-corrected chi connectivity index (χ2v) is 2.42. The molecule has 0 unspecified atom stereocenters. The Morgan fingerprint density at radius 2 is 1.62 bits per heavy atom. The number of phenols is 1. The Bertz CT molecular complexity index is 356. The molecule has 0 aromatic heterocycles. The number of aliphatic carboxylic acids is 1. The third-order valence-corrected chi connectivity index (χ3v) is 1.31. The van der Waals surface area contributed by atoms with E-state index in [1.54, 1.807) is 12.1 Å². The molecule has 0 fully saturated rings. The predicted octanol–water partition coefficient (Wildman–Crippen LogP) is 0.118. The number of para-hydroxylation sites is 1. The van der Waals surface area contributed by atoms with E-state index in [-0.39, 0.29) is 34.9 Å². The first-order valence-electron chi connectivity index (χ1n) is 3.92. The Balaban J connectivity index is 0. The van der Waals surface area contributed by atoms with Gasteiger partial charge in [-0.25, -0.2) is 4.79 Å². The average Bonchev–Trinajstić information content (AvgIpc) is 2.19. The molecule has 0 aliphatic carbocycles. The van der Waals surface area contributed by atoms with Gasteiger partial charge in [0.05, 0.1) is 6.54 Å². The number of carboxylic acid groups (broad SMARTS) is 2. The van der Waals surface area contributed by atoms with E-state index < -0.39 is 11.9 Å². The van der Waals surface area contributed by atoms with Gasteiger partial charge >= 0.3 is 11.9 Å². The van der Waals surface area contributed by atoms with E-state index in [9.17, 15) is 9.59 Å². The molecule has 0 saturated heterocycles. The molecule has 0 amide bonds. The number of nitrogens with two attached hydrogens (primary N) is 1. The number of benzene rings is 1. The summed E-state index contributed by atoms with van der Waals surface area (Å²) in [6.45, 7) is -0.278. The molecule has 93 valence electrons. The maximum absolute atomic E-state index is 10.3. The molecule has 0 heterocycles. The smallest absolute Gasteiger partial charge is 0.339 e. The van der Waals surface area contributed by atoms with Crippen molar-refractivity contribution >= 4 is 11.9 Å². The first-order chi connectivity index (χ1) is 6.99. The number of aromatic hydroxyl groups is 1. The zero-order chi connectivity index (χ0) is 11.8. The topological polar surface area (TPSA) is 121 Å². The summed E-state index contributed by atoms with van der Waals surface area (Å²) in [7, 11) is 0. The molecule has 1 radical (unpaired) electrons. The van der Waals surface area contributed by atoms with Crippen LogP contribution in [0.15, 0.2) is 24.3 Å². The normalized spacial score (nSPS) is 8.06. The summed E-state index contributed by atoms with van der Waals surface area (Å²) in [6, 6.07) is 5.81. The van der Waals surface area contributed by atoms with Gasteiger partial charge in [-0.3, -0.25) is 4.79 Å². The fourth-order valence-electron chi connectivity index (χ4n) is 0.654. The summed E-state index contributed by atoms with van der Waals surface area (Å²) in [6.07, 6.45) is 0. The summed E-state index contributed by atoms with van der Waals surface area (Å²) >= 11 is 0. The van der Waals surface area contributed by atoms with E-state index in [0.717, 1.165) is 0 Å². The largest absolute Gasteiger partial charge is 0.507 e. The van der Waals surface area contributed by atoms with Gasteiger partial charge in [0.2, 0.25) is 0 Å². The molecular weight excluding hydrogens is 266 g/mol. The standard InChI is InChI=1S/C7H6O3.C2H5NO2.Cu/c8-6-4-2-1-3-5(6)7(9)10;3-1-2(4)5;/h1-4,8H,(H,9,10);1,3H2,(H,4,5);. The quantitative estimate of drug-likeness (QED) is 0.569. The first kappa shape index (κ1) is 16.9. The Morgan fingerprint density at radius 3 is 1.88 bits per heavy atom. The molecule has 0 spiro atoms. The van der Waals surface area contributed by atoms with Crippen LogP contribution < -0.4 is 5.73 Å². The van der Waals surface area contributed by atoms with Crippen molar-refractivity contribution in [2.45, 2.75) is 0 Å². The van der Waals surface area contributed by atoms with Crippen LogP contribution in [0.25, 0.3) is 0 Å². The van der Waals surface area contributed by atoms with Gasteiger partial charge in [0.15, 0.2) is 0 Å². The molecule has 16 heavy (non-hydrogen) atoms. The number of hydrogen-bond acceptors (Lipinski definition) is 4. The van der Waals surface area contributed by atoms with E-state index in [2.05, 4.69) is 5.73 Å². The molecule has 6 nitrogen and oxygen atoms in total. The third-order valence-electron chi connectivity index (χ3n) is 1.31. The first-order valence-corrected chi connectivity index (χ1v) is 3.92. The summed E-state index contributed by atoms with van der Waals surface area (Å²) in [5, 5.41) is 24.9. The van der Waals surface area contributed by atoms with Crippen molar-refractivity contribution in [2.75, 3.05) is 6.54 Å². The van der Waals surface area contributed by atoms with Crippen LogP contribution in [0.1, 0.15) is 10.4 Å². The molecule has 0 saturated carbocycles. The van der Waals surface area contributed by atoms with Crippen LogP contribution in [0.4, 0.5) is 0 Å². The predicted molar refractivity (Wildman–Crippen MR) is 51.8 cm³/mol. The zero-order valence-corrected chi connectivity index (χ0v) is 9.00. The molecule has 0 aliphatic rings. The van der Waals surface area contributed by atoms with Crippen molar-refractivity contribution in [3.05, 3.63) is 29.8 Å². The van der Waals surface area contributed by atoms with Gasteiger partial charge in [0.25, 0.3) is 0 Å². The summed E-state index contributed by atoms with van der Waals surface area (Å²) in [5.74, 6) is -2.28. The second-order valence-electron chi connectivity index (χ2n) is 2.42. The van der Waals surface area contributed by atoms with Crippen LogP contribution >= 0.6 is 0 Å². The Labute approximate surface area is 102 Å². The Hall–Kier alpha value is -1.56. The van der Waals surface area contributed by atoms with E-state index in [1.165, 1.54) is 12.1 Å².